The van der Waals surface area contributed by atoms with Gasteiger partial charge in [-0.25, -0.2) is 14.8 Å². The van der Waals surface area contributed by atoms with Crippen molar-refractivity contribution >= 4 is 17.2 Å². The van der Waals surface area contributed by atoms with Crippen LogP contribution in [0.15, 0.2) is 42.6 Å². The first kappa shape index (κ1) is 21.1. The minimum atomic E-state index is 0.0306. The van der Waals surface area contributed by atoms with Crippen LogP contribution in [-0.4, -0.2) is 70.2 Å². The average Bonchev–Trinajstić information content (AvgIpc) is 3.15. The number of nitrogens with one attached hydrogen (secondary N) is 1. The summed E-state index contributed by atoms with van der Waals surface area (Å²) in [6.45, 7) is 8.66. The van der Waals surface area contributed by atoms with E-state index in [0.29, 0.717) is 32.1 Å². The van der Waals surface area contributed by atoms with Crippen molar-refractivity contribution in [3.05, 3.63) is 48.4 Å². The fraction of sp³-hybridized carbons (Fsp3) is 0.435. The van der Waals surface area contributed by atoms with E-state index >= 15 is 0 Å². The third-order valence-corrected chi connectivity index (χ3v) is 5.50. The summed E-state index contributed by atoms with van der Waals surface area (Å²) >= 11 is 0. The first-order valence-corrected chi connectivity index (χ1v) is 10.8. The summed E-state index contributed by atoms with van der Waals surface area (Å²) in [4.78, 5) is 26.0. The first-order valence-electron chi connectivity index (χ1n) is 10.8. The molecule has 2 amide bonds. The van der Waals surface area contributed by atoms with Crippen LogP contribution in [0, 0.1) is 5.92 Å². The third kappa shape index (κ3) is 4.80. The summed E-state index contributed by atoms with van der Waals surface area (Å²) in [5.41, 5.74) is 2.72. The molecular weight excluding hydrogens is 392 g/mol. The SMILES string of the molecule is COc1ccc(-n2c(CN3CCN(C(=O)NCC(C)C)CC3)nc3cccnc32)cc1. The molecule has 3 heterocycles. The molecule has 2 aromatic heterocycles. The molecule has 1 fully saturated rings. The molecule has 0 saturated carbocycles. The maximum absolute atomic E-state index is 12.3. The molecule has 0 unspecified atom stereocenters. The molecule has 31 heavy (non-hydrogen) atoms. The number of urea groups is 1. The number of pyridine rings is 1. The van der Waals surface area contributed by atoms with Crippen molar-refractivity contribution in [2.75, 3.05) is 39.8 Å². The quantitative estimate of drug-likeness (QED) is 0.661. The Morgan fingerprint density at radius 3 is 2.55 bits per heavy atom. The molecule has 0 bridgehead atoms. The highest BCUT2D eigenvalue weighted by molar-refractivity contribution is 5.74. The van der Waals surface area contributed by atoms with Crippen molar-refractivity contribution in [3.8, 4) is 11.4 Å². The smallest absolute Gasteiger partial charge is 0.317 e. The van der Waals surface area contributed by atoms with Crippen molar-refractivity contribution in [2.24, 2.45) is 5.92 Å². The highest BCUT2D eigenvalue weighted by Gasteiger charge is 2.23. The lowest BCUT2D eigenvalue weighted by Crippen LogP contribution is -2.52. The highest BCUT2D eigenvalue weighted by Crippen LogP contribution is 2.23. The van der Waals surface area contributed by atoms with Gasteiger partial charge in [-0.1, -0.05) is 13.8 Å². The number of fused-ring (bicyclic) bond motifs is 1. The number of ether oxygens (including phenoxy) is 1. The van der Waals surface area contributed by atoms with Gasteiger partial charge in [0.05, 0.1) is 13.7 Å². The molecule has 1 aromatic carbocycles. The number of aromatic nitrogens is 3. The second-order valence-corrected chi connectivity index (χ2v) is 8.25. The normalized spacial score (nSPS) is 14.9. The van der Waals surface area contributed by atoms with Crippen molar-refractivity contribution in [2.45, 2.75) is 20.4 Å². The first-order chi connectivity index (χ1) is 15.0. The monoisotopic (exact) mass is 422 g/mol. The molecule has 3 aromatic rings. The zero-order valence-corrected chi connectivity index (χ0v) is 18.4. The van der Waals surface area contributed by atoms with E-state index in [1.165, 1.54) is 0 Å². The molecule has 0 radical (unpaired) electrons. The van der Waals surface area contributed by atoms with E-state index in [2.05, 4.69) is 33.6 Å². The summed E-state index contributed by atoms with van der Waals surface area (Å²) in [5, 5.41) is 3.01. The van der Waals surface area contributed by atoms with E-state index in [0.717, 1.165) is 41.5 Å². The number of carbonyl (C=O) groups excluding carboxylic acids is 1. The van der Waals surface area contributed by atoms with Crippen molar-refractivity contribution in [1.82, 2.24) is 29.7 Å². The molecule has 0 spiro atoms. The number of amides is 2. The van der Waals surface area contributed by atoms with Crippen LogP contribution in [0.1, 0.15) is 19.7 Å². The average molecular weight is 423 g/mol. The van der Waals surface area contributed by atoms with Gasteiger partial charge in [-0.05, 0) is 42.3 Å². The molecule has 8 heteroatoms. The van der Waals surface area contributed by atoms with E-state index in [1.807, 2.05) is 41.3 Å². The molecule has 1 saturated heterocycles. The van der Waals surface area contributed by atoms with Crippen LogP contribution in [0.4, 0.5) is 4.79 Å². The Labute approximate surface area is 182 Å². The molecule has 164 valence electrons. The summed E-state index contributed by atoms with van der Waals surface area (Å²) in [5.74, 6) is 2.20. The number of rotatable bonds is 6. The molecule has 1 N–H and O–H groups in total. The Bertz CT molecular complexity index is 1020. The molecule has 8 nitrogen and oxygen atoms in total. The molecule has 1 aliphatic heterocycles. The van der Waals surface area contributed by atoms with Crippen molar-refractivity contribution in [1.29, 1.82) is 0 Å². The molecule has 0 atom stereocenters. The Kier molecular flexibility index (Phi) is 6.36. The van der Waals surface area contributed by atoms with Gasteiger partial charge < -0.3 is 15.0 Å². The van der Waals surface area contributed by atoms with Crippen molar-refractivity contribution < 1.29 is 9.53 Å². The van der Waals surface area contributed by atoms with E-state index in [4.69, 9.17) is 9.72 Å². The third-order valence-electron chi connectivity index (χ3n) is 5.50. The number of piperazine rings is 1. The highest BCUT2D eigenvalue weighted by atomic mass is 16.5. The van der Waals surface area contributed by atoms with E-state index in [9.17, 15) is 4.79 Å². The van der Waals surface area contributed by atoms with E-state index in [-0.39, 0.29) is 6.03 Å². The number of hydrogen-bond acceptors (Lipinski definition) is 5. The largest absolute Gasteiger partial charge is 0.497 e. The van der Waals surface area contributed by atoms with Crippen molar-refractivity contribution in [3.63, 3.8) is 0 Å². The number of nitrogens with zero attached hydrogens (tertiary/aromatic N) is 5. The van der Waals surface area contributed by atoms with Gasteiger partial charge in [0.2, 0.25) is 0 Å². The van der Waals surface area contributed by atoms with Crippen LogP contribution in [0.2, 0.25) is 0 Å². The van der Waals surface area contributed by atoms with Crippen LogP contribution < -0.4 is 10.1 Å². The molecule has 1 aliphatic rings. The molecule has 0 aliphatic carbocycles. The Morgan fingerprint density at radius 1 is 1.13 bits per heavy atom. The van der Waals surface area contributed by atoms with Crippen LogP contribution >= 0.6 is 0 Å². The predicted molar refractivity (Wildman–Crippen MR) is 121 cm³/mol. The number of carbonyl (C=O) groups is 1. The number of methoxy groups -OCH3 is 1. The summed E-state index contributed by atoms with van der Waals surface area (Å²) in [6, 6.07) is 11.9. The number of hydrogen-bond donors (Lipinski definition) is 1. The predicted octanol–water partition coefficient (Wildman–Crippen LogP) is 2.91. The standard InChI is InChI=1S/C23H30N6O2/c1-17(2)15-25-23(30)28-13-11-27(12-14-28)16-21-26-20-5-4-10-24-22(20)29(21)18-6-8-19(31-3)9-7-18/h4-10,17H,11-16H2,1-3H3,(H,25,30). The van der Waals surface area contributed by atoms with Gasteiger partial charge in [0.15, 0.2) is 5.65 Å². The minimum absolute atomic E-state index is 0.0306. The topological polar surface area (TPSA) is 75.5 Å². The lowest BCUT2D eigenvalue weighted by atomic mass is 10.2. The van der Waals surface area contributed by atoms with Gasteiger partial charge in [0.1, 0.15) is 17.1 Å². The van der Waals surface area contributed by atoms with Crippen LogP contribution in [0.3, 0.4) is 0 Å². The minimum Gasteiger partial charge on any atom is -0.497 e. The van der Waals surface area contributed by atoms with Gasteiger partial charge in [-0.2, -0.15) is 0 Å². The zero-order chi connectivity index (χ0) is 21.8. The van der Waals surface area contributed by atoms with Gasteiger partial charge in [-0.3, -0.25) is 9.47 Å². The van der Waals surface area contributed by atoms with Gasteiger partial charge in [-0.15, -0.1) is 0 Å². The van der Waals surface area contributed by atoms with Gasteiger partial charge in [0, 0.05) is 44.6 Å². The number of imidazole rings is 1. The molecular formula is C23H30N6O2. The molecule has 4 rings (SSSR count). The summed E-state index contributed by atoms with van der Waals surface area (Å²) in [7, 11) is 1.66. The fourth-order valence-electron chi connectivity index (χ4n) is 3.78. The maximum atomic E-state index is 12.3. The Morgan fingerprint density at radius 2 is 1.87 bits per heavy atom. The van der Waals surface area contributed by atoms with Gasteiger partial charge >= 0.3 is 6.03 Å². The van der Waals surface area contributed by atoms with E-state index < -0.39 is 0 Å². The summed E-state index contributed by atoms with van der Waals surface area (Å²) < 4.78 is 7.41. The van der Waals surface area contributed by atoms with Crippen LogP contribution in [0.5, 0.6) is 5.75 Å². The second kappa shape index (κ2) is 9.34. The second-order valence-electron chi connectivity index (χ2n) is 8.25. The van der Waals surface area contributed by atoms with Crippen LogP contribution in [-0.2, 0) is 6.54 Å². The Hall–Kier alpha value is -3.13. The fourth-order valence-corrected chi connectivity index (χ4v) is 3.78. The lowest BCUT2D eigenvalue weighted by Gasteiger charge is -2.34. The number of benzene rings is 1. The lowest BCUT2D eigenvalue weighted by molar-refractivity contribution is 0.133. The zero-order valence-electron chi connectivity index (χ0n) is 18.4. The maximum Gasteiger partial charge on any atom is 0.317 e. The Balaban J connectivity index is 1.49. The van der Waals surface area contributed by atoms with Gasteiger partial charge in [0.25, 0.3) is 0 Å². The van der Waals surface area contributed by atoms with E-state index in [1.54, 1.807) is 13.3 Å². The summed E-state index contributed by atoms with van der Waals surface area (Å²) in [6.07, 6.45) is 1.79. The van der Waals surface area contributed by atoms with Crippen LogP contribution in [0.25, 0.3) is 16.9 Å².